The monoisotopic (exact) mass is 413 g/mol. The molecule has 0 saturated carbocycles. The summed E-state index contributed by atoms with van der Waals surface area (Å²) in [5, 5.41) is 6.40. The van der Waals surface area contributed by atoms with Crippen molar-refractivity contribution < 1.29 is 14.3 Å². The second-order valence-corrected chi connectivity index (χ2v) is 7.66. The number of hydrogen-bond acceptors (Lipinski definition) is 5. The molecule has 1 atom stereocenters. The predicted molar refractivity (Wildman–Crippen MR) is 117 cm³/mol. The Morgan fingerprint density at radius 1 is 1.17 bits per heavy atom. The molecule has 2 aromatic rings. The highest BCUT2D eigenvalue weighted by Crippen LogP contribution is 2.27. The molecule has 0 bridgehead atoms. The molecule has 1 aromatic carbocycles. The first-order valence-electron chi connectivity index (χ1n) is 10.5. The van der Waals surface area contributed by atoms with Crippen molar-refractivity contribution >= 4 is 5.91 Å². The molecule has 1 unspecified atom stereocenters. The van der Waals surface area contributed by atoms with E-state index in [-0.39, 0.29) is 23.1 Å². The summed E-state index contributed by atoms with van der Waals surface area (Å²) in [4.78, 5) is 25.9. The van der Waals surface area contributed by atoms with Crippen LogP contribution in [0.3, 0.4) is 0 Å². The molecule has 7 heteroatoms. The molecule has 0 radical (unpaired) electrons. The van der Waals surface area contributed by atoms with E-state index in [1.807, 2.05) is 31.2 Å². The second-order valence-electron chi connectivity index (χ2n) is 7.66. The number of amides is 1. The smallest absolute Gasteiger partial charge is 0.263 e. The Bertz CT molecular complexity index is 931. The van der Waals surface area contributed by atoms with Gasteiger partial charge >= 0.3 is 0 Å². The van der Waals surface area contributed by atoms with E-state index in [4.69, 9.17) is 9.47 Å². The van der Waals surface area contributed by atoms with Crippen LogP contribution in [0.15, 0.2) is 35.3 Å². The number of aromatic nitrogens is 1. The number of ether oxygens (including phenoxy) is 2. The summed E-state index contributed by atoms with van der Waals surface area (Å²) in [6.45, 7) is 4.14. The lowest BCUT2D eigenvalue weighted by Gasteiger charge is -2.17. The van der Waals surface area contributed by atoms with Gasteiger partial charge in [0.25, 0.3) is 11.5 Å². The molecular weight excluding hydrogens is 382 g/mol. The van der Waals surface area contributed by atoms with E-state index >= 15 is 0 Å². The minimum Gasteiger partial charge on any atom is -0.493 e. The van der Waals surface area contributed by atoms with Gasteiger partial charge in [0.05, 0.1) is 14.2 Å². The third-order valence-electron chi connectivity index (χ3n) is 5.60. The van der Waals surface area contributed by atoms with E-state index in [9.17, 15) is 9.59 Å². The maximum absolute atomic E-state index is 13.0. The summed E-state index contributed by atoms with van der Waals surface area (Å²) >= 11 is 0. The Morgan fingerprint density at radius 3 is 2.73 bits per heavy atom. The predicted octanol–water partition coefficient (Wildman–Crippen LogP) is 2.29. The number of nitrogens with one attached hydrogen (secondary N) is 2. The zero-order valence-corrected chi connectivity index (χ0v) is 18.0. The molecule has 1 amide bonds. The lowest BCUT2D eigenvalue weighted by Crippen LogP contribution is -2.40. The van der Waals surface area contributed by atoms with Crippen molar-refractivity contribution in [2.24, 2.45) is 0 Å². The minimum atomic E-state index is -0.273. The number of aryl methyl sites for hydroxylation is 3. The van der Waals surface area contributed by atoms with Gasteiger partial charge in [0.2, 0.25) is 0 Å². The fourth-order valence-electron chi connectivity index (χ4n) is 3.82. The zero-order chi connectivity index (χ0) is 21.5. The molecule has 162 valence electrons. The van der Waals surface area contributed by atoms with Crippen LogP contribution in [0.2, 0.25) is 0 Å². The Kier molecular flexibility index (Phi) is 7.52. The zero-order valence-electron chi connectivity index (χ0n) is 18.0. The van der Waals surface area contributed by atoms with E-state index < -0.39 is 0 Å². The minimum absolute atomic E-state index is 0.103. The second kappa shape index (κ2) is 10.3. The summed E-state index contributed by atoms with van der Waals surface area (Å²) < 4.78 is 12.2. The van der Waals surface area contributed by atoms with Crippen LogP contribution < -0.4 is 25.7 Å². The van der Waals surface area contributed by atoms with Gasteiger partial charge in [-0.3, -0.25) is 9.59 Å². The highest BCUT2D eigenvalue weighted by atomic mass is 16.5. The number of benzene rings is 1. The normalized spacial score (nSPS) is 16.6. The Balaban J connectivity index is 1.74. The number of methoxy groups -OCH3 is 2. The van der Waals surface area contributed by atoms with Gasteiger partial charge in [0.15, 0.2) is 11.5 Å². The van der Waals surface area contributed by atoms with Gasteiger partial charge < -0.3 is 24.7 Å². The molecule has 3 rings (SSSR count). The fourth-order valence-corrected chi connectivity index (χ4v) is 3.82. The van der Waals surface area contributed by atoms with Crippen LogP contribution in [0.25, 0.3) is 0 Å². The molecule has 1 aliphatic rings. The molecule has 1 fully saturated rings. The number of rotatable bonds is 7. The summed E-state index contributed by atoms with van der Waals surface area (Å²) in [7, 11) is 3.20. The van der Waals surface area contributed by atoms with Gasteiger partial charge in [0, 0.05) is 18.8 Å². The molecule has 1 saturated heterocycles. The summed E-state index contributed by atoms with van der Waals surface area (Å²) in [5.74, 6) is 1.05. The van der Waals surface area contributed by atoms with Crippen molar-refractivity contribution in [3.05, 3.63) is 57.5 Å². The molecule has 1 aromatic heterocycles. The average molecular weight is 414 g/mol. The molecule has 30 heavy (non-hydrogen) atoms. The Labute approximate surface area is 177 Å². The molecule has 1 aliphatic heterocycles. The summed E-state index contributed by atoms with van der Waals surface area (Å²) in [6, 6.07) is 7.65. The van der Waals surface area contributed by atoms with Crippen LogP contribution in [-0.4, -0.2) is 43.8 Å². The van der Waals surface area contributed by atoms with E-state index in [0.717, 1.165) is 37.9 Å². The number of carbonyl (C=O) groups excluding carboxylic acids is 1. The van der Waals surface area contributed by atoms with Gasteiger partial charge in [-0.05, 0) is 75.0 Å². The highest BCUT2D eigenvalue weighted by Gasteiger charge is 2.20. The molecular formula is C23H31N3O4. The average Bonchev–Trinajstić information content (AvgIpc) is 3.01. The first-order valence-corrected chi connectivity index (χ1v) is 10.5. The Morgan fingerprint density at radius 2 is 1.97 bits per heavy atom. The van der Waals surface area contributed by atoms with Crippen molar-refractivity contribution in [3.8, 4) is 11.5 Å². The number of hydrogen-bond donors (Lipinski definition) is 2. The van der Waals surface area contributed by atoms with E-state index in [2.05, 4.69) is 10.6 Å². The van der Waals surface area contributed by atoms with Crippen LogP contribution in [0.4, 0.5) is 0 Å². The van der Waals surface area contributed by atoms with Crippen LogP contribution >= 0.6 is 0 Å². The quantitative estimate of drug-likeness (QED) is 0.728. The first-order chi connectivity index (χ1) is 14.5. The van der Waals surface area contributed by atoms with E-state index in [1.165, 1.54) is 0 Å². The van der Waals surface area contributed by atoms with Crippen LogP contribution in [0, 0.1) is 6.92 Å². The lowest BCUT2D eigenvalue weighted by atomic mass is 10.1. The Hall–Kier alpha value is -2.80. The van der Waals surface area contributed by atoms with Gasteiger partial charge in [-0.25, -0.2) is 0 Å². The number of pyridine rings is 1. The van der Waals surface area contributed by atoms with Gasteiger partial charge in [-0.15, -0.1) is 0 Å². The van der Waals surface area contributed by atoms with Crippen molar-refractivity contribution in [2.75, 3.05) is 27.3 Å². The van der Waals surface area contributed by atoms with E-state index in [1.54, 1.807) is 25.0 Å². The molecule has 2 heterocycles. The molecule has 7 nitrogen and oxygen atoms in total. The SMILES string of the molecule is COc1ccc(CCn2ccc(C)c(C(=O)NC3CCCNCC3)c2=O)cc1OC. The van der Waals surface area contributed by atoms with Crippen molar-refractivity contribution in [1.29, 1.82) is 0 Å². The molecule has 2 N–H and O–H groups in total. The van der Waals surface area contributed by atoms with Crippen molar-refractivity contribution in [2.45, 2.75) is 45.2 Å². The largest absolute Gasteiger partial charge is 0.493 e. The van der Waals surface area contributed by atoms with Crippen molar-refractivity contribution in [1.82, 2.24) is 15.2 Å². The van der Waals surface area contributed by atoms with Crippen molar-refractivity contribution in [3.63, 3.8) is 0 Å². The topological polar surface area (TPSA) is 81.6 Å². The summed E-state index contributed by atoms with van der Waals surface area (Å²) in [6.07, 6.45) is 5.22. The number of nitrogens with zero attached hydrogens (tertiary/aromatic N) is 1. The maximum Gasteiger partial charge on any atom is 0.263 e. The maximum atomic E-state index is 13.0. The lowest BCUT2D eigenvalue weighted by molar-refractivity contribution is 0.0931. The number of carbonyl (C=O) groups is 1. The highest BCUT2D eigenvalue weighted by molar-refractivity contribution is 5.95. The fraction of sp³-hybridized carbons (Fsp3) is 0.478. The third kappa shape index (κ3) is 5.21. The molecule has 0 spiro atoms. The summed E-state index contributed by atoms with van der Waals surface area (Å²) in [5.41, 5.74) is 1.71. The third-order valence-corrected chi connectivity index (χ3v) is 5.60. The standard InChI is InChI=1S/C23H31N3O4/c1-16-9-13-26(14-10-17-6-7-19(29-2)20(15-17)30-3)23(28)21(16)22(27)25-18-5-4-11-24-12-8-18/h6-7,9,13,15,18,24H,4-5,8,10-12,14H2,1-3H3,(H,25,27). The van der Waals surface area contributed by atoms with Gasteiger partial charge in [-0.1, -0.05) is 6.07 Å². The van der Waals surface area contributed by atoms with Gasteiger partial charge in [-0.2, -0.15) is 0 Å². The first kappa shape index (κ1) is 21.9. The van der Waals surface area contributed by atoms with Crippen LogP contribution in [0.5, 0.6) is 11.5 Å². The van der Waals surface area contributed by atoms with Gasteiger partial charge in [0.1, 0.15) is 5.56 Å². The van der Waals surface area contributed by atoms with Crippen LogP contribution in [0.1, 0.15) is 40.7 Å². The molecule has 0 aliphatic carbocycles. The van der Waals surface area contributed by atoms with Crippen LogP contribution in [-0.2, 0) is 13.0 Å². The van der Waals surface area contributed by atoms with E-state index in [0.29, 0.717) is 30.0 Å².